The number of ether oxygens (including phenoxy) is 1. The van der Waals surface area contributed by atoms with Crippen molar-refractivity contribution in [3.63, 3.8) is 0 Å². The topological polar surface area (TPSA) is 96.3 Å². The molecule has 0 spiro atoms. The second kappa shape index (κ2) is 9.19. The Morgan fingerprint density at radius 3 is 2.94 bits per heavy atom. The Balaban J connectivity index is 1.14. The average Bonchev–Trinajstić information content (AvgIpc) is 3.54. The largest absolute Gasteiger partial charge is 0.378 e. The average molecular weight is 459 g/mol. The smallest absolute Gasteiger partial charge is 0.252 e. The molecule has 1 saturated carbocycles. The number of carbonyl (C=O) groups excluding carboxylic acids is 1. The summed E-state index contributed by atoms with van der Waals surface area (Å²) in [6.45, 7) is 1.86. The lowest BCUT2D eigenvalue weighted by Crippen LogP contribution is -2.48. The van der Waals surface area contributed by atoms with Crippen LogP contribution in [0.2, 0.25) is 0 Å². The normalized spacial score (nSPS) is 21.8. The van der Waals surface area contributed by atoms with Crippen molar-refractivity contribution >= 4 is 22.5 Å². The van der Waals surface area contributed by atoms with Gasteiger partial charge in [-0.3, -0.25) is 9.89 Å². The van der Waals surface area contributed by atoms with Gasteiger partial charge in [0.2, 0.25) is 0 Å². The number of benzene rings is 1. The summed E-state index contributed by atoms with van der Waals surface area (Å²) in [7, 11) is 0. The lowest BCUT2D eigenvalue weighted by molar-refractivity contribution is 0.0201. The molecule has 1 aliphatic carbocycles. The number of hydrogen-bond acceptors (Lipinski definition) is 5. The van der Waals surface area contributed by atoms with Crippen molar-refractivity contribution in [1.82, 2.24) is 30.2 Å². The van der Waals surface area contributed by atoms with Crippen LogP contribution in [-0.2, 0) is 11.3 Å². The summed E-state index contributed by atoms with van der Waals surface area (Å²) in [5.74, 6) is 0.582. The van der Waals surface area contributed by atoms with Crippen molar-refractivity contribution in [3.05, 3.63) is 65.7 Å². The first-order chi connectivity index (χ1) is 16.7. The van der Waals surface area contributed by atoms with Gasteiger partial charge in [-0.2, -0.15) is 5.10 Å². The van der Waals surface area contributed by atoms with E-state index in [1.807, 2.05) is 34.9 Å². The van der Waals surface area contributed by atoms with Crippen LogP contribution >= 0.6 is 0 Å². The van der Waals surface area contributed by atoms with E-state index in [9.17, 15) is 4.79 Å². The molecule has 3 N–H and O–H groups in total. The van der Waals surface area contributed by atoms with E-state index in [0.29, 0.717) is 24.8 Å². The number of nitrogens with one attached hydrogen (secondary N) is 3. The van der Waals surface area contributed by atoms with Crippen molar-refractivity contribution in [1.29, 1.82) is 0 Å². The summed E-state index contributed by atoms with van der Waals surface area (Å²) < 4.78 is 8.05. The fourth-order valence-electron chi connectivity index (χ4n) is 5.45. The Bertz CT molecular complexity index is 1310. The summed E-state index contributed by atoms with van der Waals surface area (Å²) in [6, 6.07) is 10.4. The molecule has 8 nitrogen and oxygen atoms in total. The van der Waals surface area contributed by atoms with Crippen LogP contribution in [0.25, 0.3) is 16.6 Å². The lowest BCUT2D eigenvalue weighted by Gasteiger charge is -2.37. The number of imidazole rings is 1. The minimum absolute atomic E-state index is 0.137. The van der Waals surface area contributed by atoms with E-state index in [1.54, 1.807) is 6.20 Å². The molecule has 2 unspecified atom stereocenters. The molecule has 4 aromatic rings. The molecule has 1 aliphatic heterocycles. The number of rotatable bonds is 5. The van der Waals surface area contributed by atoms with Gasteiger partial charge in [0.25, 0.3) is 5.91 Å². The van der Waals surface area contributed by atoms with Gasteiger partial charge in [-0.25, -0.2) is 4.98 Å². The zero-order valence-corrected chi connectivity index (χ0v) is 19.2. The minimum Gasteiger partial charge on any atom is -0.378 e. The van der Waals surface area contributed by atoms with Gasteiger partial charge < -0.3 is 19.8 Å². The van der Waals surface area contributed by atoms with Crippen LogP contribution in [0, 0.1) is 5.92 Å². The van der Waals surface area contributed by atoms with Crippen molar-refractivity contribution in [2.75, 3.05) is 13.2 Å². The predicted octanol–water partition coefficient (Wildman–Crippen LogP) is 3.75. The number of fused-ring (bicyclic) bond motifs is 2. The highest BCUT2D eigenvalue weighted by molar-refractivity contribution is 6.05. The summed E-state index contributed by atoms with van der Waals surface area (Å²) >= 11 is 0. The van der Waals surface area contributed by atoms with Gasteiger partial charge >= 0.3 is 0 Å². The maximum Gasteiger partial charge on any atom is 0.252 e. The Morgan fingerprint density at radius 1 is 1.12 bits per heavy atom. The maximum absolute atomic E-state index is 12.8. The second-order valence-corrected chi connectivity index (χ2v) is 9.54. The molecule has 1 amide bonds. The molecule has 2 aliphatic rings. The number of aromatic nitrogens is 4. The standard InChI is InChI=1S/C26H30N6O2/c33-26(20-7-4-8-22-21(20)12-28-31-22)27-11-19-14-32-13-18(9-10-25(32)29-19)24-16-34-15-23(30-24)17-5-2-1-3-6-17/h4,7-10,12-14,17,23-24,30H,1-3,5-6,11,15-16H2,(H,27,33)(H,28,31). The number of amides is 1. The molecular weight excluding hydrogens is 428 g/mol. The zero-order chi connectivity index (χ0) is 22.9. The highest BCUT2D eigenvalue weighted by atomic mass is 16.5. The quantitative estimate of drug-likeness (QED) is 0.423. The van der Waals surface area contributed by atoms with Gasteiger partial charge in [-0.05, 0) is 42.5 Å². The molecule has 1 aromatic carbocycles. The molecule has 3 aromatic heterocycles. The third kappa shape index (κ3) is 4.19. The third-order valence-electron chi connectivity index (χ3n) is 7.30. The molecule has 0 bridgehead atoms. The first-order valence-electron chi connectivity index (χ1n) is 12.3. The van der Waals surface area contributed by atoms with Gasteiger partial charge in [0.15, 0.2) is 0 Å². The minimum atomic E-state index is -0.137. The van der Waals surface area contributed by atoms with Gasteiger partial charge in [0.05, 0.1) is 48.8 Å². The van der Waals surface area contributed by atoms with Crippen molar-refractivity contribution in [3.8, 4) is 0 Å². The molecule has 6 rings (SSSR count). The molecule has 2 atom stereocenters. The van der Waals surface area contributed by atoms with E-state index in [1.165, 1.54) is 37.7 Å². The highest BCUT2D eigenvalue weighted by Crippen LogP contribution is 2.30. The van der Waals surface area contributed by atoms with Gasteiger partial charge in [0.1, 0.15) is 5.65 Å². The third-order valence-corrected chi connectivity index (χ3v) is 7.30. The summed E-state index contributed by atoms with van der Waals surface area (Å²) in [5, 5.41) is 14.6. The first-order valence-corrected chi connectivity index (χ1v) is 12.3. The van der Waals surface area contributed by atoms with Gasteiger partial charge in [-0.1, -0.05) is 31.4 Å². The van der Waals surface area contributed by atoms with Gasteiger partial charge in [0, 0.05) is 23.8 Å². The summed E-state index contributed by atoms with van der Waals surface area (Å²) in [4.78, 5) is 17.4. The number of morpholine rings is 1. The number of aromatic amines is 1. The Hall–Kier alpha value is -3.23. The van der Waals surface area contributed by atoms with Crippen LogP contribution in [0.15, 0.2) is 48.9 Å². The number of carbonyl (C=O) groups is 1. The monoisotopic (exact) mass is 458 g/mol. The molecular formula is C26H30N6O2. The van der Waals surface area contributed by atoms with Crippen molar-refractivity contribution < 1.29 is 9.53 Å². The Kier molecular flexibility index (Phi) is 5.76. The molecule has 1 saturated heterocycles. The molecule has 4 heterocycles. The summed E-state index contributed by atoms with van der Waals surface area (Å²) in [6.07, 6.45) is 12.4. The van der Waals surface area contributed by atoms with Crippen molar-refractivity contribution in [2.45, 2.75) is 50.7 Å². The fraction of sp³-hybridized carbons (Fsp3) is 0.423. The zero-order valence-electron chi connectivity index (χ0n) is 19.2. The molecule has 176 valence electrons. The van der Waals surface area contributed by atoms with Crippen LogP contribution in [0.1, 0.15) is 59.8 Å². The first kappa shape index (κ1) is 21.3. The number of H-pyrrole nitrogens is 1. The van der Waals surface area contributed by atoms with E-state index < -0.39 is 0 Å². The number of nitrogens with zero attached hydrogens (tertiary/aromatic N) is 3. The highest BCUT2D eigenvalue weighted by Gasteiger charge is 2.30. The van der Waals surface area contributed by atoms with E-state index in [0.717, 1.165) is 34.8 Å². The SMILES string of the molecule is O=C(NCc1cn2cc(C3COCC(C4CCCCC4)N3)ccc2n1)c1cccc2[nH]ncc12. The summed E-state index contributed by atoms with van der Waals surface area (Å²) in [5.41, 5.74) is 4.34. The van der Waals surface area contributed by atoms with Crippen LogP contribution in [0.4, 0.5) is 0 Å². The molecule has 8 heteroatoms. The number of pyridine rings is 1. The van der Waals surface area contributed by atoms with E-state index >= 15 is 0 Å². The Labute approximate surface area is 198 Å². The predicted molar refractivity (Wildman–Crippen MR) is 130 cm³/mol. The van der Waals surface area contributed by atoms with Crippen LogP contribution < -0.4 is 10.6 Å². The molecule has 0 radical (unpaired) electrons. The second-order valence-electron chi connectivity index (χ2n) is 9.54. The van der Waals surface area contributed by atoms with Gasteiger partial charge in [-0.15, -0.1) is 0 Å². The molecule has 2 fully saturated rings. The molecule has 34 heavy (non-hydrogen) atoms. The van der Waals surface area contributed by atoms with Crippen LogP contribution in [0.3, 0.4) is 0 Å². The lowest BCUT2D eigenvalue weighted by atomic mass is 9.83. The maximum atomic E-state index is 12.8. The van der Waals surface area contributed by atoms with Crippen LogP contribution in [-0.4, -0.2) is 44.7 Å². The fourth-order valence-corrected chi connectivity index (χ4v) is 5.45. The van der Waals surface area contributed by atoms with Crippen LogP contribution in [0.5, 0.6) is 0 Å². The Morgan fingerprint density at radius 2 is 2.03 bits per heavy atom. The van der Waals surface area contributed by atoms with E-state index in [-0.39, 0.29) is 11.9 Å². The van der Waals surface area contributed by atoms with Crippen molar-refractivity contribution in [2.24, 2.45) is 5.92 Å². The van der Waals surface area contributed by atoms with E-state index in [4.69, 9.17) is 4.74 Å². The number of hydrogen-bond donors (Lipinski definition) is 3. The van der Waals surface area contributed by atoms with E-state index in [2.05, 4.69) is 38.1 Å².